The van der Waals surface area contributed by atoms with Crippen LogP contribution in [0.3, 0.4) is 0 Å². The summed E-state index contributed by atoms with van der Waals surface area (Å²) in [5.74, 6) is 0.110. The van der Waals surface area contributed by atoms with Crippen LogP contribution in [0.1, 0.15) is 19.3 Å². The van der Waals surface area contributed by atoms with Gasteiger partial charge < -0.3 is 20.3 Å². The molecule has 2 atom stereocenters. The molecule has 2 aliphatic heterocycles. The molecule has 0 saturated carbocycles. The highest BCUT2D eigenvalue weighted by Gasteiger charge is 2.22. The van der Waals surface area contributed by atoms with Crippen molar-refractivity contribution in [1.29, 1.82) is 0 Å². The Kier molecular flexibility index (Phi) is 9.74. The number of rotatable bonds is 4. The van der Waals surface area contributed by atoms with Gasteiger partial charge in [-0.1, -0.05) is 0 Å². The molecular weight excluding hydrogens is 289 g/mol. The largest absolute Gasteiger partial charge is 0.375 e. The first-order valence-electron chi connectivity index (χ1n) is 6.55. The minimum Gasteiger partial charge on any atom is -0.375 e. The molecule has 0 aromatic carbocycles. The molecule has 2 aliphatic rings. The van der Waals surface area contributed by atoms with Gasteiger partial charge in [0.2, 0.25) is 5.91 Å². The number of amides is 1. The van der Waals surface area contributed by atoms with E-state index in [1.165, 1.54) is 12.8 Å². The molecule has 19 heavy (non-hydrogen) atoms. The lowest BCUT2D eigenvalue weighted by atomic mass is 10.2. The number of likely N-dealkylation sites (N-methyl/N-ethyl adjacent to an activating group) is 1. The Balaban J connectivity index is 0.00000162. The van der Waals surface area contributed by atoms with Gasteiger partial charge >= 0.3 is 0 Å². The molecule has 2 N–H and O–H groups in total. The maximum atomic E-state index is 11.7. The third-order valence-corrected chi connectivity index (χ3v) is 3.62. The Morgan fingerprint density at radius 2 is 2.26 bits per heavy atom. The Labute approximate surface area is 127 Å². The van der Waals surface area contributed by atoms with Crippen LogP contribution >= 0.6 is 24.8 Å². The molecule has 114 valence electrons. The fourth-order valence-corrected chi connectivity index (χ4v) is 2.50. The van der Waals surface area contributed by atoms with Gasteiger partial charge in [0.15, 0.2) is 0 Å². The highest BCUT2D eigenvalue weighted by molar-refractivity contribution is 5.85. The van der Waals surface area contributed by atoms with Crippen LogP contribution in [0, 0.1) is 0 Å². The van der Waals surface area contributed by atoms with Crippen molar-refractivity contribution in [3.05, 3.63) is 0 Å². The maximum Gasteiger partial charge on any atom is 0.222 e. The summed E-state index contributed by atoms with van der Waals surface area (Å²) in [5, 5.41) is 6.25. The van der Waals surface area contributed by atoms with Gasteiger partial charge in [-0.2, -0.15) is 0 Å². The van der Waals surface area contributed by atoms with Gasteiger partial charge in [0.1, 0.15) is 0 Å². The van der Waals surface area contributed by atoms with Gasteiger partial charge in [-0.3, -0.25) is 4.79 Å². The number of ether oxygens (including phenoxy) is 1. The lowest BCUT2D eigenvalue weighted by Gasteiger charge is -2.24. The van der Waals surface area contributed by atoms with Crippen LogP contribution in [0.2, 0.25) is 0 Å². The Morgan fingerprint density at radius 1 is 1.47 bits per heavy atom. The van der Waals surface area contributed by atoms with E-state index in [0.29, 0.717) is 19.1 Å². The summed E-state index contributed by atoms with van der Waals surface area (Å²) >= 11 is 0. The minimum absolute atomic E-state index is 0. The van der Waals surface area contributed by atoms with Gasteiger partial charge in [-0.05, 0) is 26.4 Å². The van der Waals surface area contributed by atoms with Crippen LogP contribution in [-0.2, 0) is 9.53 Å². The van der Waals surface area contributed by atoms with Crippen molar-refractivity contribution < 1.29 is 9.53 Å². The first-order valence-corrected chi connectivity index (χ1v) is 6.55. The SMILES string of the molecule is CN1CCCC1CNC(=O)CC1CNCCO1.Cl.Cl. The first kappa shape index (κ1) is 18.9. The van der Waals surface area contributed by atoms with Crippen LogP contribution in [0.5, 0.6) is 0 Å². The summed E-state index contributed by atoms with van der Waals surface area (Å²) in [5.41, 5.74) is 0. The number of morpholine rings is 1. The predicted octanol–water partition coefficient (Wildman–Crippen LogP) is 0.419. The monoisotopic (exact) mass is 313 g/mol. The lowest BCUT2D eigenvalue weighted by molar-refractivity contribution is -0.124. The zero-order valence-electron chi connectivity index (χ0n) is 11.4. The topological polar surface area (TPSA) is 53.6 Å². The highest BCUT2D eigenvalue weighted by Crippen LogP contribution is 2.13. The summed E-state index contributed by atoms with van der Waals surface area (Å²) in [7, 11) is 2.12. The van der Waals surface area contributed by atoms with Crippen LogP contribution in [0.4, 0.5) is 0 Å². The van der Waals surface area contributed by atoms with E-state index in [1.807, 2.05) is 0 Å². The highest BCUT2D eigenvalue weighted by atomic mass is 35.5. The van der Waals surface area contributed by atoms with E-state index in [9.17, 15) is 4.79 Å². The molecule has 2 fully saturated rings. The molecule has 0 aromatic heterocycles. The molecule has 0 bridgehead atoms. The van der Waals surface area contributed by atoms with Crippen molar-refractivity contribution in [2.24, 2.45) is 0 Å². The molecule has 5 nitrogen and oxygen atoms in total. The van der Waals surface area contributed by atoms with Crippen LogP contribution in [0.15, 0.2) is 0 Å². The van der Waals surface area contributed by atoms with Gasteiger partial charge in [0.05, 0.1) is 19.1 Å². The van der Waals surface area contributed by atoms with E-state index in [0.717, 1.165) is 26.2 Å². The van der Waals surface area contributed by atoms with E-state index < -0.39 is 0 Å². The number of nitrogens with zero attached hydrogens (tertiary/aromatic N) is 1. The van der Waals surface area contributed by atoms with Crippen molar-refractivity contribution in [2.75, 3.05) is 39.8 Å². The summed E-state index contributed by atoms with van der Waals surface area (Å²) in [4.78, 5) is 14.1. The molecule has 0 aliphatic carbocycles. The number of hydrogen-bond acceptors (Lipinski definition) is 4. The molecule has 0 aromatic rings. The normalized spacial score (nSPS) is 27.2. The molecule has 0 spiro atoms. The van der Waals surface area contributed by atoms with Gasteiger partial charge in [0.25, 0.3) is 0 Å². The average molecular weight is 314 g/mol. The summed E-state index contributed by atoms with van der Waals surface area (Å²) in [6, 6.07) is 0.518. The number of carbonyl (C=O) groups is 1. The lowest BCUT2D eigenvalue weighted by Crippen LogP contribution is -2.43. The second-order valence-corrected chi connectivity index (χ2v) is 4.98. The van der Waals surface area contributed by atoms with E-state index in [4.69, 9.17) is 4.74 Å². The zero-order chi connectivity index (χ0) is 12.1. The molecule has 2 saturated heterocycles. The molecule has 2 unspecified atom stereocenters. The number of carbonyl (C=O) groups excluding carboxylic acids is 1. The second kappa shape index (κ2) is 9.77. The van der Waals surface area contributed by atoms with Gasteiger partial charge in [-0.15, -0.1) is 24.8 Å². The van der Waals surface area contributed by atoms with Crippen molar-refractivity contribution >= 4 is 30.7 Å². The quantitative estimate of drug-likeness (QED) is 0.790. The molecule has 0 radical (unpaired) electrons. The minimum atomic E-state index is 0. The van der Waals surface area contributed by atoms with Gasteiger partial charge in [-0.25, -0.2) is 0 Å². The van der Waals surface area contributed by atoms with E-state index in [1.54, 1.807) is 0 Å². The van der Waals surface area contributed by atoms with E-state index in [2.05, 4.69) is 22.6 Å². The van der Waals surface area contributed by atoms with Crippen LogP contribution in [0.25, 0.3) is 0 Å². The predicted molar refractivity (Wildman–Crippen MR) is 80.4 cm³/mol. The second-order valence-electron chi connectivity index (χ2n) is 4.98. The van der Waals surface area contributed by atoms with Crippen molar-refractivity contribution in [3.63, 3.8) is 0 Å². The summed E-state index contributed by atoms with van der Waals surface area (Å²) < 4.78 is 5.51. The number of halogens is 2. The number of nitrogens with one attached hydrogen (secondary N) is 2. The molecule has 1 amide bonds. The third kappa shape index (κ3) is 6.27. The van der Waals surface area contributed by atoms with Gasteiger partial charge in [0, 0.05) is 25.7 Å². The van der Waals surface area contributed by atoms with E-state index >= 15 is 0 Å². The molecule has 2 heterocycles. The first-order chi connectivity index (χ1) is 8.25. The molecular formula is C12H25Cl2N3O2. The Hall–Kier alpha value is -0.0700. The van der Waals surface area contributed by atoms with E-state index in [-0.39, 0.29) is 36.8 Å². The van der Waals surface area contributed by atoms with Crippen LogP contribution < -0.4 is 10.6 Å². The zero-order valence-corrected chi connectivity index (χ0v) is 13.0. The van der Waals surface area contributed by atoms with Crippen molar-refractivity contribution in [2.45, 2.75) is 31.4 Å². The fraction of sp³-hybridized carbons (Fsp3) is 0.917. The van der Waals surface area contributed by atoms with Crippen LogP contribution in [-0.4, -0.2) is 62.8 Å². The number of hydrogen-bond donors (Lipinski definition) is 2. The number of likely N-dealkylation sites (tertiary alicyclic amines) is 1. The fourth-order valence-electron chi connectivity index (χ4n) is 2.50. The smallest absolute Gasteiger partial charge is 0.222 e. The Morgan fingerprint density at radius 3 is 2.84 bits per heavy atom. The van der Waals surface area contributed by atoms with Crippen molar-refractivity contribution in [1.82, 2.24) is 15.5 Å². The standard InChI is InChI=1S/C12H23N3O2.2ClH/c1-15-5-2-3-10(15)8-14-12(16)7-11-9-13-4-6-17-11;;/h10-11,13H,2-9H2,1H3,(H,14,16);2*1H. The Bertz CT molecular complexity index is 263. The summed E-state index contributed by atoms with van der Waals surface area (Å²) in [6.07, 6.45) is 2.96. The molecule has 2 rings (SSSR count). The summed E-state index contributed by atoms with van der Waals surface area (Å²) in [6.45, 7) is 4.32. The maximum absolute atomic E-state index is 11.7. The van der Waals surface area contributed by atoms with Crippen molar-refractivity contribution in [3.8, 4) is 0 Å². The molecule has 7 heteroatoms. The third-order valence-electron chi connectivity index (χ3n) is 3.62. The average Bonchev–Trinajstić information content (AvgIpc) is 2.74.